The second-order valence-corrected chi connectivity index (χ2v) is 5.61. The number of ether oxygens (including phenoxy) is 2. The first-order valence-electron chi connectivity index (χ1n) is 8.85. The standard InChI is InChI=1S/C19H23N3O6/c1-3-9-28-15-8-7-13(11-16(15)26-4-2)17(23)21-22-19(25)18(24)20-12-14-6-5-10-27-14/h5-8,10-11H,3-4,9,12H2,1-2H3,(H,20,24)(H,21,23)(H,22,25). The van der Waals surface area contributed by atoms with Crippen molar-refractivity contribution < 1.29 is 28.3 Å². The summed E-state index contributed by atoms with van der Waals surface area (Å²) in [6.07, 6.45) is 2.29. The van der Waals surface area contributed by atoms with Crippen LogP contribution in [0.2, 0.25) is 0 Å². The Morgan fingerprint density at radius 2 is 1.82 bits per heavy atom. The normalized spacial score (nSPS) is 10.1. The monoisotopic (exact) mass is 389 g/mol. The summed E-state index contributed by atoms with van der Waals surface area (Å²) in [6.45, 7) is 4.78. The number of nitrogens with one attached hydrogen (secondary N) is 3. The van der Waals surface area contributed by atoms with Crippen molar-refractivity contribution in [2.24, 2.45) is 0 Å². The molecule has 150 valence electrons. The topological polar surface area (TPSA) is 119 Å². The third-order valence-electron chi connectivity index (χ3n) is 3.47. The maximum atomic E-state index is 12.2. The smallest absolute Gasteiger partial charge is 0.327 e. The van der Waals surface area contributed by atoms with Gasteiger partial charge in [-0.25, -0.2) is 0 Å². The maximum Gasteiger partial charge on any atom is 0.327 e. The molecule has 9 heteroatoms. The molecule has 0 aliphatic rings. The molecule has 2 aromatic rings. The van der Waals surface area contributed by atoms with Crippen LogP contribution in [0.5, 0.6) is 11.5 Å². The van der Waals surface area contributed by atoms with Gasteiger partial charge in [-0.15, -0.1) is 0 Å². The molecule has 3 N–H and O–H groups in total. The first-order valence-corrected chi connectivity index (χ1v) is 8.85. The van der Waals surface area contributed by atoms with E-state index >= 15 is 0 Å². The third kappa shape index (κ3) is 6.04. The number of hydrogen-bond donors (Lipinski definition) is 3. The number of carbonyl (C=O) groups excluding carboxylic acids is 3. The lowest BCUT2D eigenvalue weighted by Gasteiger charge is -2.13. The van der Waals surface area contributed by atoms with Crippen molar-refractivity contribution in [3.05, 3.63) is 47.9 Å². The Hall–Kier alpha value is -3.49. The molecule has 0 spiro atoms. The first-order chi connectivity index (χ1) is 13.5. The number of benzene rings is 1. The van der Waals surface area contributed by atoms with E-state index in [1.807, 2.05) is 13.8 Å². The van der Waals surface area contributed by atoms with Gasteiger partial charge >= 0.3 is 11.8 Å². The Bertz CT molecular complexity index is 804. The molecule has 1 aromatic heterocycles. The van der Waals surface area contributed by atoms with Crippen molar-refractivity contribution in [1.29, 1.82) is 0 Å². The molecule has 0 fully saturated rings. The molecule has 1 aromatic carbocycles. The molecule has 9 nitrogen and oxygen atoms in total. The van der Waals surface area contributed by atoms with Gasteiger partial charge in [0.25, 0.3) is 5.91 Å². The van der Waals surface area contributed by atoms with Crippen LogP contribution in [-0.4, -0.2) is 30.9 Å². The highest BCUT2D eigenvalue weighted by molar-refractivity contribution is 6.35. The lowest BCUT2D eigenvalue weighted by Crippen LogP contribution is -2.48. The summed E-state index contributed by atoms with van der Waals surface area (Å²) in [5.41, 5.74) is 4.48. The Labute approximate surface area is 162 Å². The molecule has 1 heterocycles. The van der Waals surface area contributed by atoms with Gasteiger partial charge in [-0.2, -0.15) is 0 Å². The van der Waals surface area contributed by atoms with Gasteiger partial charge in [0.1, 0.15) is 5.76 Å². The van der Waals surface area contributed by atoms with Gasteiger partial charge in [0.2, 0.25) is 0 Å². The Morgan fingerprint density at radius 3 is 2.50 bits per heavy atom. The third-order valence-corrected chi connectivity index (χ3v) is 3.47. The largest absolute Gasteiger partial charge is 0.490 e. The number of carbonyl (C=O) groups is 3. The van der Waals surface area contributed by atoms with Crippen molar-refractivity contribution in [3.8, 4) is 11.5 Å². The van der Waals surface area contributed by atoms with Gasteiger partial charge < -0.3 is 19.2 Å². The minimum absolute atomic E-state index is 0.0597. The van der Waals surface area contributed by atoms with Crippen LogP contribution in [0.25, 0.3) is 0 Å². The van der Waals surface area contributed by atoms with Crippen LogP contribution in [0.3, 0.4) is 0 Å². The Morgan fingerprint density at radius 1 is 1.00 bits per heavy atom. The van der Waals surface area contributed by atoms with Crippen LogP contribution in [0.4, 0.5) is 0 Å². The number of hydrogen-bond acceptors (Lipinski definition) is 6. The number of rotatable bonds is 8. The highest BCUT2D eigenvalue weighted by atomic mass is 16.5. The highest BCUT2D eigenvalue weighted by Gasteiger charge is 2.16. The van der Waals surface area contributed by atoms with Crippen LogP contribution < -0.4 is 25.6 Å². The molecule has 0 aliphatic carbocycles. The van der Waals surface area contributed by atoms with Gasteiger partial charge in [-0.1, -0.05) is 6.92 Å². The van der Waals surface area contributed by atoms with Crippen LogP contribution in [0.1, 0.15) is 36.4 Å². The molecule has 3 amide bonds. The molecule has 0 bridgehead atoms. The predicted octanol–water partition coefficient (Wildman–Crippen LogP) is 1.54. The zero-order valence-electron chi connectivity index (χ0n) is 15.7. The van der Waals surface area contributed by atoms with Gasteiger partial charge in [-0.05, 0) is 43.7 Å². The van der Waals surface area contributed by atoms with Crippen LogP contribution in [-0.2, 0) is 16.1 Å². The molecule has 0 unspecified atom stereocenters. The molecule has 0 saturated carbocycles. The summed E-state index contributed by atoms with van der Waals surface area (Å²) in [5.74, 6) is -1.07. The average Bonchev–Trinajstić information content (AvgIpc) is 3.22. The highest BCUT2D eigenvalue weighted by Crippen LogP contribution is 2.28. The summed E-state index contributed by atoms with van der Waals surface area (Å²) in [4.78, 5) is 35.7. The van der Waals surface area contributed by atoms with Gasteiger partial charge in [-0.3, -0.25) is 25.2 Å². The van der Waals surface area contributed by atoms with Gasteiger partial charge in [0, 0.05) is 5.56 Å². The van der Waals surface area contributed by atoms with E-state index in [2.05, 4.69) is 16.2 Å². The molecular weight excluding hydrogens is 366 g/mol. The van der Waals surface area contributed by atoms with Gasteiger partial charge in [0.05, 0.1) is 26.0 Å². The minimum Gasteiger partial charge on any atom is -0.490 e. The number of furan rings is 1. The zero-order valence-corrected chi connectivity index (χ0v) is 15.7. The fraction of sp³-hybridized carbons (Fsp3) is 0.316. The summed E-state index contributed by atoms with van der Waals surface area (Å²) in [6, 6.07) is 7.98. The molecule has 0 atom stereocenters. The van der Waals surface area contributed by atoms with E-state index in [0.29, 0.717) is 30.5 Å². The molecule has 0 aliphatic heterocycles. The van der Waals surface area contributed by atoms with Crippen molar-refractivity contribution in [2.75, 3.05) is 13.2 Å². The van der Waals surface area contributed by atoms with Crippen LogP contribution in [0, 0.1) is 0 Å². The van der Waals surface area contributed by atoms with E-state index in [1.165, 1.54) is 18.4 Å². The van der Waals surface area contributed by atoms with E-state index in [4.69, 9.17) is 13.9 Å². The summed E-state index contributed by atoms with van der Waals surface area (Å²) in [5, 5.41) is 2.37. The predicted molar refractivity (Wildman–Crippen MR) is 99.6 cm³/mol. The second kappa shape index (κ2) is 10.6. The molecule has 0 radical (unpaired) electrons. The first kappa shape index (κ1) is 20.8. The fourth-order valence-corrected chi connectivity index (χ4v) is 2.15. The van der Waals surface area contributed by atoms with E-state index in [0.717, 1.165) is 6.42 Å². The Kier molecular flexibility index (Phi) is 7.89. The van der Waals surface area contributed by atoms with Crippen molar-refractivity contribution in [1.82, 2.24) is 16.2 Å². The second-order valence-electron chi connectivity index (χ2n) is 5.61. The molecular formula is C19H23N3O6. The SMILES string of the molecule is CCCOc1ccc(C(=O)NNC(=O)C(=O)NCc2ccco2)cc1OCC. The molecule has 28 heavy (non-hydrogen) atoms. The van der Waals surface area contributed by atoms with Crippen LogP contribution >= 0.6 is 0 Å². The molecule has 2 rings (SSSR count). The average molecular weight is 389 g/mol. The van der Waals surface area contributed by atoms with Crippen molar-refractivity contribution >= 4 is 17.7 Å². The summed E-state index contributed by atoms with van der Waals surface area (Å²) < 4.78 is 16.1. The Balaban J connectivity index is 1.89. The van der Waals surface area contributed by atoms with Gasteiger partial charge in [0.15, 0.2) is 11.5 Å². The lowest BCUT2D eigenvalue weighted by molar-refractivity contribution is -0.139. The maximum absolute atomic E-state index is 12.2. The van der Waals surface area contributed by atoms with Crippen LogP contribution in [0.15, 0.2) is 41.0 Å². The quantitative estimate of drug-likeness (QED) is 0.466. The van der Waals surface area contributed by atoms with E-state index in [-0.39, 0.29) is 12.1 Å². The van der Waals surface area contributed by atoms with Crippen molar-refractivity contribution in [2.45, 2.75) is 26.8 Å². The fourth-order valence-electron chi connectivity index (χ4n) is 2.15. The zero-order chi connectivity index (χ0) is 20.4. The molecule has 0 saturated heterocycles. The van der Waals surface area contributed by atoms with E-state index in [1.54, 1.807) is 18.2 Å². The minimum atomic E-state index is -1.01. The number of amides is 3. The lowest BCUT2D eigenvalue weighted by atomic mass is 10.2. The van der Waals surface area contributed by atoms with E-state index in [9.17, 15) is 14.4 Å². The summed E-state index contributed by atoms with van der Waals surface area (Å²) >= 11 is 0. The van der Waals surface area contributed by atoms with E-state index < -0.39 is 17.7 Å². The summed E-state index contributed by atoms with van der Waals surface area (Å²) in [7, 11) is 0. The number of hydrazine groups is 1. The van der Waals surface area contributed by atoms with Crippen molar-refractivity contribution in [3.63, 3.8) is 0 Å².